The van der Waals surface area contributed by atoms with E-state index in [0.29, 0.717) is 34.1 Å². The van der Waals surface area contributed by atoms with Crippen LogP contribution in [0.5, 0.6) is 0 Å². The minimum atomic E-state index is -0.333. The molecule has 2 aliphatic heterocycles. The van der Waals surface area contributed by atoms with Crippen LogP contribution in [0.25, 0.3) is 0 Å². The van der Waals surface area contributed by atoms with Crippen molar-refractivity contribution < 1.29 is 9.60 Å². The van der Waals surface area contributed by atoms with E-state index in [-0.39, 0.29) is 11.9 Å². The van der Waals surface area contributed by atoms with Crippen LogP contribution in [0, 0.1) is 5.82 Å². The lowest BCUT2D eigenvalue weighted by Gasteiger charge is -2.22. The number of nitrogens with zero attached hydrogens (tertiary/aromatic N) is 4. The number of hydrogen-bond donors (Lipinski definition) is 1. The van der Waals surface area contributed by atoms with Gasteiger partial charge in [-0.05, 0) is 43.2 Å². The van der Waals surface area contributed by atoms with Crippen LogP contribution < -0.4 is 0 Å². The molecule has 138 valence electrons. The van der Waals surface area contributed by atoms with Gasteiger partial charge in [0, 0.05) is 22.7 Å². The number of oxime groups is 1. The van der Waals surface area contributed by atoms with E-state index in [1.54, 1.807) is 30.3 Å². The van der Waals surface area contributed by atoms with E-state index in [1.165, 1.54) is 12.4 Å². The maximum absolute atomic E-state index is 14.5. The first-order valence-corrected chi connectivity index (χ1v) is 9.15. The maximum atomic E-state index is 14.5. The summed E-state index contributed by atoms with van der Waals surface area (Å²) in [6.07, 6.45) is 3.31. The van der Waals surface area contributed by atoms with Gasteiger partial charge in [-0.25, -0.2) is 4.39 Å². The van der Waals surface area contributed by atoms with Gasteiger partial charge in [-0.15, -0.1) is 0 Å². The van der Waals surface area contributed by atoms with Gasteiger partial charge in [-0.1, -0.05) is 28.9 Å². The van der Waals surface area contributed by atoms with Crippen LogP contribution in [0.1, 0.15) is 24.0 Å². The minimum Gasteiger partial charge on any atom is -0.410 e. The molecular formula is C20H18ClFN4O. The summed E-state index contributed by atoms with van der Waals surface area (Å²) in [5.41, 5.74) is 3.26. The molecule has 5 nitrogen and oxygen atoms in total. The average Bonchev–Trinajstić information content (AvgIpc) is 3.04. The molecule has 4 rings (SSSR count). The molecule has 0 aliphatic carbocycles. The fourth-order valence-electron chi connectivity index (χ4n) is 3.65. The van der Waals surface area contributed by atoms with E-state index in [2.05, 4.69) is 5.16 Å². The zero-order valence-electron chi connectivity index (χ0n) is 14.5. The van der Waals surface area contributed by atoms with Crippen molar-refractivity contribution in [2.45, 2.75) is 18.9 Å². The van der Waals surface area contributed by atoms with Gasteiger partial charge in [0.15, 0.2) is 0 Å². The predicted octanol–water partition coefficient (Wildman–Crippen LogP) is 4.28. The number of likely N-dealkylation sites (tertiary alicyclic amines) is 1. The second-order valence-electron chi connectivity index (χ2n) is 6.54. The highest BCUT2D eigenvalue weighted by Crippen LogP contribution is 2.31. The molecule has 1 saturated heterocycles. The summed E-state index contributed by atoms with van der Waals surface area (Å²) in [5.74, 6) is -0.333. The second kappa shape index (κ2) is 7.48. The Morgan fingerprint density at radius 3 is 2.89 bits per heavy atom. The molecule has 2 heterocycles. The fraction of sp³-hybridized carbons (Fsp3) is 0.250. The number of aliphatic imine (C=N–C) groups is 2. The van der Waals surface area contributed by atoms with Gasteiger partial charge in [0.25, 0.3) is 0 Å². The quantitative estimate of drug-likeness (QED) is 0.371. The van der Waals surface area contributed by atoms with E-state index in [0.717, 1.165) is 25.1 Å². The van der Waals surface area contributed by atoms with Gasteiger partial charge < -0.3 is 10.1 Å². The number of halogens is 2. The summed E-state index contributed by atoms with van der Waals surface area (Å²) >= 11 is 6.20. The summed E-state index contributed by atoms with van der Waals surface area (Å²) in [7, 11) is 0. The van der Waals surface area contributed by atoms with Gasteiger partial charge in [0.2, 0.25) is 0 Å². The Kier molecular flexibility index (Phi) is 4.90. The van der Waals surface area contributed by atoms with Crippen LogP contribution >= 0.6 is 11.6 Å². The highest BCUT2D eigenvalue weighted by atomic mass is 35.5. The Labute approximate surface area is 161 Å². The van der Waals surface area contributed by atoms with Crippen molar-refractivity contribution >= 4 is 35.1 Å². The third-order valence-corrected chi connectivity index (χ3v) is 5.12. The van der Waals surface area contributed by atoms with Gasteiger partial charge in [-0.2, -0.15) is 0 Å². The first-order valence-electron chi connectivity index (χ1n) is 8.77. The van der Waals surface area contributed by atoms with E-state index in [4.69, 9.17) is 26.8 Å². The molecular weight excluding hydrogens is 367 g/mol. The van der Waals surface area contributed by atoms with Crippen molar-refractivity contribution in [3.63, 3.8) is 0 Å². The Balaban J connectivity index is 1.82. The van der Waals surface area contributed by atoms with Gasteiger partial charge in [0.05, 0.1) is 29.7 Å². The molecule has 0 bridgehead atoms. The van der Waals surface area contributed by atoms with Crippen molar-refractivity contribution in [2.75, 3.05) is 13.1 Å². The number of fused-ring (bicyclic) bond motifs is 1. The predicted molar refractivity (Wildman–Crippen MR) is 105 cm³/mol. The van der Waals surface area contributed by atoms with E-state index in [1.807, 2.05) is 11.0 Å². The molecule has 0 saturated carbocycles. The molecule has 0 spiro atoms. The van der Waals surface area contributed by atoms with Crippen LogP contribution in [0.4, 0.5) is 10.1 Å². The lowest BCUT2D eigenvalue weighted by molar-refractivity contribution is 0.308. The van der Waals surface area contributed by atoms with Crippen LogP contribution in [0.3, 0.4) is 0 Å². The molecule has 27 heavy (non-hydrogen) atoms. The molecule has 0 radical (unpaired) electrons. The smallest absolute Gasteiger partial charge is 0.132 e. The Morgan fingerprint density at radius 2 is 2.07 bits per heavy atom. The standard InChI is InChI=1S/C20H18ClFN4O/c21-13-7-8-17-15(10-13)20(14-4-1-2-5-16(14)22)23-11-18(25-17)19-6-3-9-26(19)12-24-27/h1-2,4-5,7-8,10,12,19,27H,3,6,9,11H2. The van der Waals surface area contributed by atoms with Crippen LogP contribution in [-0.2, 0) is 0 Å². The van der Waals surface area contributed by atoms with Gasteiger partial charge in [0.1, 0.15) is 12.2 Å². The molecule has 2 aromatic rings. The first-order chi connectivity index (χ1) is 13.2. The zero-order chi connectivity index (χ0) is 18.8. The first kappa shape index (κ1) is 17.7. The molecule has 1 unspecified atom stereocenters. The molecule has 1 fully saturated rings. The highest BCUT2D eigenvalue weighted by molar-refractivity contribution is 6.31. The summed E-state index contributed by atoms with van der Waals surface area (Å²) < 4.78 is 14.5. The van der Waals surface area contributed by atoms with E-state index < -0.39 is 0 Å². The van der Waals surface area contributed by atoms with Gasteiger partial charge in [-0.3, -0.25) is 9.98 Å². The Hall–Kier alpha value is -2.73. The molecule has 1 atom stereocenters. The number of benzene rings is 2. The molecule has 7 heteroatoms. The average molecular weight is 385 g/mol. The summed E-state index contributed by atoms with van der Waals surface area (Å²) in [5, 5.41) is 12.6. The Bertz CT molecular complexity index is 957. The van der Waals surface area contributed by atoms with Crippen molar-refractivity contribution in [1.82, 2.24) is 4.90 Å². The van der Waals surface area contributed by atoms with Crippen LogP contribution in [-0.4, -0.2) is 47.0 Å². The van der Waals surface area contributed by atoms with Crippen molar-refractivity contribution in [3.05, 3.63) is 64.4 Å². The zero-order valence-corrected chi connectivity index (χ0v) is 15.3. The SMILES string of the molecule is ON=CN1CCCC1C1=Nc2ccc(Cl)cc2C(c2ccccc2F)=NC1. The van der Waals surface area contributed by atoms with Crippen LogP contribution in [0.2, 0.25) is 5.02 Å². The van der Waals surface area contributed by atoms with Crippen LogP contribution in [0.15, 0.2) is 57.6 Å². The summed E-state index contributed by atoms with van der Waals surface area (Å²) in [6, 6.07) is 12.0. The fourth-order valence-corrected chi connectivity index (χ4v) is 3.82. The monoisotopic (exact) mass is 384 g/mol. The molecule has 0 aromatic heterocycles. The highest BCUT2D eigenvalue weighted by Gasteiger charge is 2.29. The van der Waals surface area contributed by atoms with E-state index in [9.17, 15) is 4.39 Å². The van der Waals surface area contributed by atoms with Crippen molar-refractivity contribution in [2.24, 2.45) is 15.1 Å². The Morgan fingerprint density at radius 1 is 1.22 bits per heavy atom. The third kappa shape index (κ3) is 3.45. The molecule has 2 aromatic carbocycles. The number of rotatable bonds is 3. The van der Waals surface area contributed by atoms with Crippen molar-refractivity contribution in [1.29, 1.82) is 0 Å². The molecule has 1 N–H and O–H groups in total. The lowest BCUT2D eigenvalue weighted by Crippen LogP contribution is -2.36. The molecule has 0 amide bonds. The van der Waals surface area contributed by atoms with Crippen molar-refractivity contribution in [3.8, 4) is 0 Å². The summed E-state index contributed by atoms with van der Waals surface area (Å²) in [6.45, 7) is 1.14. The second-order valence-corrected chi connectivity index (χ2v) is 6.97. The minimum absolute atomic E-state index is 0.00754. The molecule has 2 aliphatic rings. The topological polar surface area (TPSA) is 60.6 Å². The summed E-state index contributed by atoms with van der Waals surface area (Å²) in [4.78, 5) is 11.5. The van der Waals surface area contributed by atoms with E-state index >= 15 is 0 Å². The maximum Gasteiger partial charge on any atom is 0.132 e. The normalized spacial score (nSPS) is 19.6. The third-order valence-electron chi connectivity index (χ3n) is 4.88. The lowest BCUT2D eigenvalue weighted by atomic mass is 10.0. The van der Waals surface area contributed by atoms with Gasteiger partial charge >= 0.3 is 0 Å². The largest absolute Gasteiger partial charge is 0.410 e. The number of hydrogen-bond acceptors (Lipinski definition) is 4.